The number of nitrogens with one attached hydrogen (secondary N) is 2. The standard InChI is InChI=1S/C17H18N4O3/c1-12-6-7-16(13(2)8-12)18-11-17(22)20-19-10-14-4-3-5-15(9-14)21(23)24/h3-10,18H,11H2,1-2H3,(H,20,22). The fourth-order valence-corrected chi connectivity index (χ4v) is 2.12. The van der Waals surface area contributed by atoms with E-state index in [1.54, 1.807) is 12.1 Å². The average Bonchev–Trinajstić information content (AvgIpc) is 2.54. The van der Waals surface area contributed by atoms with Crippen LogP contribution in [0.1, 0.15) is 16.7 Å². The molecule has 0 bridgehead atoms. The summed E-state index contributed by atoms with van der Waals surface area (Å²) in [4.78, 5) is 22.0. The third-order valence-electron chi connectivity index (χ3n) is 3.31. The van der Waals surface area contributed by atoms with Gasteiger partial charge >= 0.3 is 0 Å². The number of nitro groups is 1. The van der Waals surface area contributed by atoms with Crippen molar-refractivity contribution in [3.63, 3.8) is 0 Å². The summed E-state index contributed by atoms with van der Waals surface area (Å²) in [7, 11) is 0. The molecule has 2 rings (SSSR count). The van der Waals surface area contributed by atoms with Crippen LogP contribution in [0.2, 0.25) is 0 Å². The van der Waals surface area contributed by atoms with E-state index in [0.29, 0.717) is 5.56 Å². The largest absolute Gasteiger partial charge is 0.376 e. The van der Waals surface area contributed by atoms with Gasteiger partial charge in [0.25, 0.3) is 11.6 Å². The van der Waals surface area contributed by atoms with Gasteiger partial charge in [0.15, 0.2) is 0 Å². The molecule has 0 aliphatic carbocycles. The van der Waals surface area contributed by atoms with E-state index in [1.807, 2.05) is 32.0 Å². The van der Waals surface area contributed by atoms with Gasteiger partial charge in [0.2, 0.25) is 0 Å². The second kappa shape index (κ2) is 7.87. The lowest BCUT2D eigenvalue weighted by Gasteiger charge is -2.09. The first kappa shape index (κ1) is 17.1. The Morgan fingerprint density at radius 1 is 1.25 bits per heavy atom. The molecular weight excluding hydrogens is 308 g/mol. The Balaban J connectivity index is 1.86. The van der Waals surface area contributed by atoms with Crippen molar-refractivity contribution in [2.75, 3.05) is 11.9 Å². The Kier molecular flexibility index (Phi) is 5.62. The molecule has 0 spiro atoms. The number of amides is 1. The minimum atomic E-state index is -0.482. The van der Waals surface area contributed by atoms with E-state index in [2.05, 4.69) is 15.8 Å². The topological polar surface area (TPSA) is 96.6 Å². The van der Waals surface area contributed by atoms with Gasteiger partial charge in [-0.25, -0.2) is 5.43 Å². The average molecular weight is 326 g/mol. The van der Waals surface area contributed by atoms with Crippen LogP contribution in [0.15, 0.2) is 47.6 Å². The van der Waals surface area contributed by atoms with Crippen molar-refractivity contribution in [2.24, 2.45) is 5.10 Å². The van der Waals surface area contributed by atoms with Crippen molar-refractivity contribution in [1.29, 1.82) is 0 Å². The molecular formula is C17H18N4O3. The lowest BCUT2D eigenvalue weighted by molar-refractivity contribution is -0.384. The zero-order chi connectivity index (χ0) is 17.5. The molecule has 124 valence electrons. The first-order chi connectivity index (χ1) is 11.5. The molecule has 0 fully saturated rings. The maximum atomic E-state index is 11.8. The van der Waals surface area contributed by atoms with Crippen LogP contribution in [0, 0.1) is 24.0 Å². The molecule has 0 saturated heterocycles. The number of nitro benzene ring substituents is 1. The summed E-state index contributed by atoms with van der Waals surface area (Å²) in [6.07, 6.45) is 1.36. The molecule has 0 aromatic heterocycles. The molecule has 7 nitrogen and oxygen atoms in total. The van der Waals surface area contributed by atoms with Crippen LogP contribution in [0.25, 0.3) is 0 Å². The maximum Gasteiger partial charge on any atom is 0.270 e. The molecule has 0 radical (unpaired) electrons. The van der Waals surface area contributed by atoms with Gasteiger partial charge in [-0.2, -0.15) is 5.10 Å². The predicted molar refractivity (Wildman–Crippen MR) is 93.2 cm³/mol. The Bertz CT molecular complexity index is 787. The Hall–Kier alpha value is -3.22. The predicted octanol–water partition coefficient (Wildman–Crippen LogP) is 2.77. The summed E-state index contributed by atoms with van der Waals surface area (Å²) < 4.78 is 0. The fraction of sp³-hybridized carbons (Fsp3) is 0.176. The Morgan fingerprint density at radius 2 is 2.04 bits per heavy atom. The summed E-state index contributed by atoms with van der Waals surface area (Å²) in [6, 6.07) is 11.9. The summed E-state index contributed by atoms with van der Waals surface area (Å²) >= 11 is 0. The highest BCUT2D eigenvalue weighted by Gasteiger charge is 2.05. The van der Waals surface area contributed by atoms with E-state index in [4.69, 9.17) is 0 Å². The molecule has 2 aromatic rings. The van der Waals surface area contributed by atoms with Gasteiger partial charge in [0, 0.05) is 23.4 Å². The highest BCUT2D eigenvalue weighted by atomic mass is 16.6. The van der Waals surface area contributed by atoms with Crippen LogP contribution in [0.5, 0.6) is 0 Å². The highest BCUT2D eigenvalue weighted by Crippen LogP contribution is 2.15. The molecule has 0 heterocycles. The second-order valence-electron chi connectivity index (χ2n) is 5.32. The molecule has 0 aliphatic rings. The van der Waals surface area contributed by atoms with Crippen molar-refractivity contribution in [1.82, 2.24) is 5.43 Å². The van der Waals surface area contributed by atoms with Crippen LogP contribution in [-0.4, -0.2) is 23.6 Å². The molecule has 0 aliphatic heterocycles. The second-order valence-corrected chi connectivity index (χ2v) is 5.32. The van der Waals surface area contributed by atoms with Gasteiger partial charge < -0.3 is 5.32 Å². The van der Waals surface area contributed by atoms with Crippen molar-refractivity contribution >= 4 is 23.5 Å². The third-order valence-corrected chi connectivity index (χ3v) is 3.31. The van der Waals surface area contributed by atoms with Gasteiger partial charge in [-0.15, -0.1) is 0 Å². The number of non-ortho nitro benzene ring substituents is 1. The molecule has 24 heavy (non-hydrogen) atoms. The van der Waals surface area contributed by atoms with E-state index in [9.17, 15) is 14.9 Å². The lowest BCUT2D eigenvalue weighted by atomic mass is 10.1. The molecule has 7 heteroatoms. The monoisotopic (exact) mass is 326 g/mol. The highest BCUT2D eigenvalue weighted by molar-refractivity contribution is 5.84. The summed E-state index contributed by atoms with van der Waals surface area (Å²) in [5.74, 6) is -0.309. The van der Waals surface area contributed by atoms with Gasteiger partial charge in [-0.3, -0.25) is 14.9 Å². The number of rotatable bonds is 6. The SMILES string of the molecule is Cc1ccc(NCC(=O)NN=Cc2cccc([N+](=O)[O-])c2)c(C)c1. The van der Waals surface area contributed by atoms with Crippen molar-refractivity contribution in [2.45, 2.75) is 13.8 Å². The first-order valence-electron chi connectivity index (χ1n) is 7.33. The van der Waals surface area contributed by atoms with Crippen LogP contribution in [0.4, 0.5) is 11.4 Å². The number of hydrogen-bond donors (Lipinski definition) is 2. The Morgan fingerprint density at radius 3 is 2.75 bits per heavy atom. The van der Waals surface area contributed by atoms with E-state index in [-0.39, 0.29) is 18.1 Å². The number of carbonyl (C=O) groups excluding carboxylic acids is 1. The number of aryl methyl sites for hydroxylation is 2. The Labute approximate surface area is 139 Å². The van der Waals surface area contributed by atoms with Crippen molar-refractivity contribution in [3.8, 4) is 0 Å². The molecule has 0 atom stereocenters. The van der Waals surface area contributed by atoms with E-state index >= 15 is 0 Å². The van der Waals surface area contributed by atoms with E-state index < -0.39 is 4.92 Å². The lowest BCUT2D eigenvalue weighted by Crippen LogP contribution is -2.26. The zero-order valence-corrected chi connectivity index (χ0v) is 13.4. The van der Waals surface area contributed by atoms with Gasteiger partial charge in [-0.05, 0) is 25.5 Å². The van der Waals surface area contributed by atoms with E-state index in [0.717, 1.165) is 16.8 Å². The molecule has 2 N–H and O–H groups in total. The van der Waals surface area contributed by atoms with Crippen molar-refractivity contribution < 1.29 is 9.72 Å². The summed E-state index contributed by atoms with van der Waals surface area (Å²) in [6.45, 7) is 4.05. The smallest absolute Gasteiger partial charge is 0.270 e. The van der Waals surface area contributed by atoms with E-state index in [1.165, 1.54) is 18.3 Å². The number of benzene rings is 2. The molecule has 0 unspecified atom stereocenters. The first-order valence-corrected chi connectivity index (χ1v) is 7.33. The minimum Gasteiger partial charge on any atom is -0.376 e. The normalized spacial score (nSPS) is 10.6. The maximum absolute atomic E-state index is 11.8. The van der Waals surface area contributed by atoms with Crippen LogP contribution in [0.3, 0.4) is 0 Å². The molecule has 2 aromatic carbocycles. The zero-order valence-electron chi connectivity index (χ0n) is 13.4. The number of nitrogens with zero attached hydrogens (tertiary/aromatic N) is 2. The van der Waals surface area contributed by atoms with Gasteiger partial charge in [0.05, 0.1) is 17.7 Å². The van der Waals surface area contributed by atoms with Crippen LogP contribution < -0.4 is 10.7 Å². The number of anilines is 1. The summed E-state index contributed by atoms with van der Waals surface area (Å²) in [5.41, 5.74) is 5.99. The number of hydrogen-bond acceptors (Lipinski definition) is 5. The number of carbonyl (C=O) groups is 1. The van der Waals surface area contributed by atoms with Crippen LogP contribution >= 0.6 is 0 Å². The minimum absolute atomic E-state index is 0.0261. The summed E-state index contributed by atoms with van der Waals surface area (Å²) in [5, 5.41) is 17.5. The van der Waals surface area contributed by atoms with Crippen LogP contribution in [-0.2, 0) is 4.79 Å². The quantitative estimate of drug-likeness (QED) is 0.484. The number of hydrazone groups is 1. The molecule has 1 amide bonds. The van der Waals surface area contributed by atoms with Gasteiger partial charge in [0.1, 0.15) is 0 Å². The third kappa shape index (κ3) is 4.91. The van der Waals surface area contributed by atoms with Crippen molar-refractivity contribution in [3.05, 3.63) is 69.3 Å². The van der Waals surface area contributed by atoms with Gasteiger partial charge in [-0.1, -0.05) is 29.8 Å². The molecule has 0 saturated carbocycles. The fourth-order valence-electron chi connectivity index (χ4n) is 2.12.